The highest BCUT2D eigenvalue weighted by Gasteiger charge is 2.09. The van der Waals surface area contributed by atoms with Crippen LogP contribution in [-0.2, 0) is 11.3 Å². The Morgan fingerprint density at radius 2 is 1.73 bits per heavy atom. The van der Waals surface area contributed by atoms with Crippen LogP contribution in [0.3, 0.4) is 0 Å². The van der Waals surface area contributed by atoms with Gasteiger partial charge in [-0.2, -0.15) is 10.5 Å². The summed E-state index contributed by atoms with van der Waals surface area (Å²) in [5, 5.41) is 20.4. The topological polar surface area (TPSA) is 95.1 Å². The maximum absolute atomic E-state index is 12.2. The van der Waals surface area contributed by atoms with Crippen LogP contribution >= 0.6 is 0 Å². The molecule has 26 heavy (non-hydrogen) atoms. The molecule has 0 saturated heterocycles. The number of carbonyl (C=O) groups is 1. The van der Waals surface area contributed by atoms with Crippen molar-refractivity contribution in [2.45, 2.75) is 6.54 Å². The lowest BCUT2D eigenvalue weighted by Gasteiger charge is -2.06. The van der Waals surface area contributed by atoms with Crippen LogP contribution in [0.25, 0.3) is 6.08 Å². The van der Waals surface area contributed by atoms with Crippen LogP contribution < -0.4 is 14.8 Å². The predicted octanol–water partition coefficient (Wildman–Crippen LogP) is 2.82. The second-order valence-electron chi connectivity index (χ2n) is 5.22. The third-order valence-electron chi connectivity index (χ3n) is 3.47. The van der Waals surface area contributed by atoms with Gasteiger partial charge in [-0.15, -0.1) is 0 Å². The Morgan fingerprint density at radius 3 is 2.31 bits per heavy atom. The molecule has 2 aromatic carbocycles. The van der Waals surface area contributed by atoms with Crippen molar-refractivity contribution in [1.82, 2.24) is 5.32 Å². The van der Waals surface area contributed by atoms with Gasteiger partial charge in [-0.3, -0.25) is 4.79 Å². The number of hydrogen-bond acceptors (Lipinski definition) is 5. The quantitative estimate of drug-likeness (QED) is 0.614. The van der Waals surface area contributed by atoms with Crippen molar-refractivity contribution in [2.75, 3.05) is 13.7 Å². The molecule has 0 aromatic heterocycles. The molecule has 1 amide bonds. The lowest BCUT2D eigenvalue weighted by Crippen LogP contribution is -2.23. The van der Waals surface area contributed by atoms with Gasteiger partial charge in [-0.25, -0.2) is 0 Å². The zero-order valence-electron chi connectivity index (χ0n) is 14.2. The molecule has 0 bridgehead atoms. The SMILES string of the molecule is COc1ccc(CNC(=O)/C(C#N)=C\c2ccc(OCC#N)cc2)cc1. The van der Waals surface area contributed by atoms with Gasteiger partial charge in [0.1, 0.15) is 29.2 Å². The van der Waals surface area contributed by atoms with Gasteiger partial charge in [0.05, 0.1) is 7.11 Å². The van der Waals surface area contributed by atoms with E-state index in [-0.39, 0.29) is 12.2 Å². The summed E-state index contributed by atoms with van der Waals surface area (Å²) in [6.07, 6.45) is 1.50. The van der Waals surface area contributed by atoms with Crippen LogP contribution in [0, 0.1) is 22.7 Å². The lowest BCUT2D eigenvalue weighted by molar-refractivity contribution is -0.117. The molecular weight excluding hydrogens is 330 g/mol. The van der Waals surface area contributed by atoms with E-state index in [4.69, 9.17) is 14.7 Å². The fourth-order valence-electron chi connectivity index (χ4n) is 2.11. The monoisotopic (exact) mass is 347 g/mol. The average Bonchev–Trinajstić information content (AvgIpc) is 2.69. The minimum atomic E-state index is -0.451. The van der Waals surface area contributed by atoms with Crippen molar-refractivity contribution >= 4 is 12.0 Å². The molecule has 0 fully saturated rings. The van der Waals surface area contributed by atoms with Gasteiger partial charge in [-0.1, -0.05) is 24.3 Å². The Kier molecular flexibility index (Phi) is 6.79. The number of methoxy groups -OCH3 is 1. The van der Waals surface area contributed by atoms with Gasteiger partial charge in [0.15, 0.2) is 6.61 Å². The smallest absolute Gasteiger partial charge is 0.262 e. The van der Waals surface area contributed by atoms with E-state index >= 15 is 0 Å². The highest BCUT2D eigenvalue weighted by atomic mass is 16.5. The van der Waals surface area contributed by atoms with Crippen molar-refractivity contribution in [1.29, 1.82) is 10.5 Å². The van der Waals surface area contributed by atoms with Crippen molar-refractivity contribution < 1.29 is 14.3 Å². The average molecular weight is 347 g/mol. The van der Waals surface area contributed by atoms with E-state index in [1.54, 1.807) is 43.5 Å². The fraction of sp³-hybridized carbons (Fsp3) is 0.150. The number of ether oxygens (including phenoxy) is 2. The number of benzene rings is 2. The van der Waals surface area contributed by atoms with Crippen molar-refractivity contribution in [3.05, 3.63) is 65.2 Å². The standard InChI is InChI=1S/C20H17N3O3/c1-25-18-6-4-16(5-7-18)14-23-20(24)17(13-22)12-15-2-8-19(9-3-15)26-11-10-21/h2-9,12H,11,14H2,1H3,(H,23,24)/b17-12-. The van der Waals surface area contributed by atoms with E-state index in [1.807, 2.05) is 24.3 Å². The van der Waals surface area contributed by atoms with Crippen molar-refractivity contribution in [2.24, 2.45) is 0 Å². The Hall–Kier alpha value is -3.77. The molecule has 2 rings (SSSR count). The van der Waals surface area contributed by atoms with Crippen LogP contribution in [0.1, 0.15) is 11.1 Å². The molecule has 2 aromatic rings. The maximum atomic E-state index is 12.2. The number of carbonyl (C=O) groups excluding carboxylic acids is 1. The molecular formula is C20H17N3O3. The Bertz CT molecular complexity index is 857. The van der Waals surface area contributed by atoms with E-state index in [0.717, 1.165) is 11.3 Å². The third kappa shape index (κ3) is 5.40. The molecule has 0 atom stereocenters. The maximum Gasteiger partial charge on any atom is 0.262 e. The minimum Gasteiger partial charge on any atom is -0.497 e. The van der Waals surface area contributed by atoms with E-state index in [0.29, 0.717) is 17.9 Å². The summed E-state index contributed by atoms with van der Waals surface area (Å²) >= 11 is 0. The summed E-state index contributed by atoms with van der Waals surface area (Å²) in [5.74, 6) is 0.833. The van der Waals surface area contributed by atoms with Crippen LogP contribution in [0.5, 0.6) is 11.5 Å². The second kappa shape index (κ2) is 9.51. The second-order valence-corrected chi connectivity index (χ2v) is 5.22. The van der Waals surface area contributed by atoms with Crippen LogP contribution in [0.4, 0.5) is 0 Å². The molecule has 0 radical (unpaired) electrons. The predicted molar refractivity (Wildman–Crippen MR) is 96.0 cm³/mol. The fourth-order valence-corrected chi connectivity index (χ4v) is 2.11. The molecule has 6 nitrogen and oxygen atoms in total. The highest BCUT2D eigenvalue weighted by Crippen LogP contribution is 2.15. The summed E-state index contributed by atoms with van der Waals surface area (Å²) in [6.45, 7) is 0.273. The summed E-state index contributed by atoms with van der Waals surface area (Å²) in [7, 11) is 1.59. The Balaban J connectivity index is 1.99. The Labute approximate surface area is 151 Å². The molecule has 130 valence electrons. The van der Waals surface area contributed by atoms with Gasteiger partial charge >= 0.3 is 0 Å². The van der Waals surface area contributed by atoms with Gasteiger partial charge in [0, 0.05) is 6.54 Å². The van der Waals surface area contributed by atoms with Crippen LogP contribution in [-0.4, -0.2) is 19.6 Å². The first-order valence-corrected chi connectivity index (χ1v) is 7.79. The molecule has 0 saturated carbocycles. The van der Waals surface area contributed by atoms with Crippen molar-refractivity contribution in [3.63, 3.8) is 0 Å². The minimum absolute atomic E-state index is 0.00389. The van der Waals surface area contributed by atoms with Crippen molar-refractivity contribution in [3.8, 4) is 23.6 Å². The van der Waals surface area contributed by atoms with Crippen LogP contribution in [0.15, 0.2) is 54.1 Å². The van der Waals surface area contributed by atoms with Gasteiger partial charge in [0.2, 0.25) is 0 Å². The first-order valence-electron chi connectivity index (χ1n) is 7.79. The molecule has 0 aliphatic rings. The number of nitrogens with one attached hydrogen (secondary N) is 1. The largest absolute Gasteiger partial charge is 0.497 e. The number of rotatable bonds is 7. The summed E-state index contributed by atoms with van der Waals surface area (Å²) in [5.41, 5.74) is 1.59. The van der Waals surface area contributed by atoms with E-state index < -0.39 is 5.91 Å². The van der Waals surface area contributed by atoms with E-state index in [2.05, 4.69) is 5.32 Å². The molecule has 0 unspecified atom stereocenters. The van der Waals surface area contributed by atoms with Crippen LogP contribution in [0.2, 0.25) is 0 Å². The normalized spacial score (nSPS) is 10.3. The molecule has 0 spiro atoms. The molecule has 1 N–H and O–H groups in total. The van der Waals surface area contributed by atoms with Gasteiger partial charge in [0.25, 0.3) is 5.91 Å². The third-order valence-corrected chi connectivity index (χ3v) is 3.47. The lowest BCUT2D eigenvalue weighted by atomic mass is 10.1. The number of nitriles is 2. The zero-order valence-corrected chi connectivity index (χ0v) is 14.2. The first kappa shape index (κ1) is 18.6. The molecule has 0 aliphatic carbocycles. The summed E-state index contributed by atoms with van der Waals surface area (Å²) in [4.78, 5) is 12.2. The summed E-state index contributed by atoms with van der Waals surface area (Å²) in [6, 6.07) is 17.9. The Morgan fingerprint density at radius 1 is 1.08 bits per heavy atom. The van der Waals surface area contributed by atoms with Gasteiger partial charge < -0.3 is 14.8 Å². The number of nitrogens with zero attached hydrogens (tertiary/aromatic N) is 2. The molecule has 6 heteroatoms. The van der Waals surface area contributed by atoms with E-state index in [9.17, 15) is 10.1 Å². The first-order chi connectivity index (χ1) is 12.7. The highest BCUT2D eigenvalue weighted by molar-refractivity contribution is 6.01. The zero-order chi connectivity index (χ0) is 18.8. The molecule has 0 heterocycles. The summed E-state index contributed by atoms with van der Waals surface area (Å²) < 4.78 is 10.2. The van der Waals surface area contributed by atoms with Gasteiger partial charge in [-0.05, 0) is 41.5 Å². The molecule has 0 aliphatic heterocycles. The number of hydrogen-bond donors (Lipinski definition) is 1. The number of amides is 1. The van der Waals surface area contributed by atoms with E-state index in [1.165, 1.54) is 6.08 Å².